The van der Waals surface area contributed by atoms with Crippen LogP contribution in [0.25, 0.3) is 32.7 Å². The predicted molar refractivity (Wildman–Crippen MR) is 243 cm³/mol. The van der Waals surface area contributed by atoms with E-state index in [1.165, 1.54) is 34.2 Å². The summed E-state index contributed by atoms with van der Waals surface area (Å²) in [5, 5.41) is 4.52. The smallest absolute Gasteiger partial charge is 0.311 e. The van der Waals surface area contributed by atoms with Crippen molar-refractivity contribution in [1.82, 2.24) is 0 Å². The third-order valence-electron chi connectivity index (χ3n) is 12.3. The largest absolute Gasteiger partial charge is 0.416 e. The second-order valence-corrected chi connectivity index (χ2v) is 18.2. The van der Waals surface area contributed by atoms with Crippen LogP contribution < -0.4 is 26.2 Å². The highest BCUT2D eigenvalue weighted by Gasteiger charge is 2.44. The van der Waals surface area contributed by atoms with Gasteiger partial charge in [-0.2, -0.15) is 13.2 Å². The minimum atomic E-state index is -4.48. The molecule has 0 fully saturated rings. The molecule has 6 heteroatoms. The standard InChI is InChI=1S/C53H44BF3N2/c1-51(2,3)39-19-23-42(24-20-39)58-46-25-21-40(52(4,5)6)32-45(46)54-44-28-36-14-9-10-15-37(36)29-47(44)59(43-22-18-33-12-7-8-13-35(33)27-43)49-31-38(30-48(58)50(49)54)34-16-11-17-41(26-34)53(55,56)57/h7-32H,1-6H3. The number of nitrogens with zero attached hydrogens (tertiary/aromatic N) is 2. The van der Waals surface area contributed by atoms with E-state index in [0.29, 0.717) is 11.1 Å². The zero-order chi connectivity index (χ0) is 41.0. The minimum Gasteiger partial charge on any atom is -0.311 e. The van der Waals surface area contributed by atoms with Gasteiger partial charge in [-0.05, 0) is 132 Å². The highest BCUT2D eigenvalue weighted by molar-refractivity contribution is 7.00. The van der Waals surface area contributed by atoms with Crippen LogP contribution in [0.15, 0.2) is 158 Å². The van der Waals surface area contributed by atoms with Crippen LogP contribution in [0.4, 0.5) is 47.3 Å². The summed E-state index contributed by atoms with van der Waals surface area (Å²) in [4.78, 5) is 4.69. The molecule has 2 aliphatic heterocycles. The van der Waals surface area contributed by atoms with Crippen molar-refractivity contribution in [1.29, 1.82) is 0 Å². The van der Waals surface area contributed by atoms with E-state index in [0.717, 1.165) is 67.2 Å². The van der Waals surface area contributed by atoms with E-state index in [-0.39, 0.29) is 17.5 Å². The summed E-state index contributed by atoms with van der Waals surface area (Å²) in [5.41, 5.74) is 12.4. The van der Waals surface area contributed by atoms with E-state index in [1.807, 2.05) is 0 Å². The van der Waals surface area contributed by atoms with Gasteiger partial charge in [-0.15, -0.1) is 0 Å². The molecule has 8 aromatic carbocycles. The number of alkyl halides is 3. The Kier molecular flexibility index (Phi) is 8.24. The second-order valence-electron chi connectivity index (χ2n) is 18.2. The van der Waals surface area contributed by atoms with Crippen LogP contribution in [-0.2, 0) is 17.0 Å². The first kappa shape index (κ1) is 37.0. The fourth-order valence-electron chi connectivity index (χ4n) is 9.18. The van der Waals surface area contributed by atoms with E-state index < -0.39 is 11.7 Å². The van der Waals surface area contributed by atoms with Crippen molar-refractivity contribution in [2.45, 2.75) is 58.5 Å². The highest BCUT2D eigenvalue weighted by atomic mass is 19.4. The number of halogens is 3. The zero-order valence-electron chi connectivity index (χ0n) is 34.1. The molecule has 10 rings (SSSR count). The predicted octanol–water partition coefficient (Wildman–Crippen LogP) is 13.4. The van der Waals surface area contributed by atoms with E-state index in [4.69, 9.17) is 0 Å². The molecule has 0 N–H and O–H groups in total. The first-order chi connectivity index (χ1) is 28.1. The third kappa shape index (κ3) is 6.19. The summed E-state index contributed by atoms with van der Waals surface area (Å²) < 4.78 is 43.0. The Bertz CT molecular complexity index is 2970. The van der Waals surface area contributed by atoms with Gasteiger partial charge >= 0.3 is 6.18 Å². The van der Waals surface area contributed by atoms with Crippen LogP contribution >= 0.6 is 0 Å². The van der Waals surface area contributed by atoms with E-state index >= 15 is 0 Å². The van der Waals surface area contributed by atoms with Crippen LogP contribution in [-0.4, -0.2) is 6.71 Å². The van der Waals surface area contributed by atoms with Gasteiger partial charge in [-0.25, -0.2) is 0 Å². The van der Waals surface area contributed by atoms with Crippen molar-refractivity contribution in [2.24, 2.45) is 0 Å². The van der Waals surface area contributed by atoms with Gasteiger partial charge in [0.15, 0.2) is 0 Å². The van der Waals surface area contributed by atoms with Crippen molar-refractivity contribution in [3.63, 3.8) is 0 Å². The molecule has 0 unspecified atom stereocenters. The van der Waals surface area contributed by atoms with Crippen LogP contribution in [0.2, 0.25) is 0 Å². The number of benzene rings is 8. The summed E-state index contributed by atoms with van der Waals surface area (Å²) in [5.74, 6) is 0. The van der Waals surface area contributed by atoms with Gasteiger partial charge in [0.25, 0.3) is 6.71 Å². The number of rotatable bonds is 3. The molecule has 290 valence electrons. The lowest BCUT2D eigenvalue weighted by Crippen LogP contribution is -2.61. The summed E-state index contributed by atoms with van der Waals surface area (Å²) in [6, 6.07) is 53.7. The fraction of sp³-hybridized carbons (Fsp3) is 0.170. The molecule has 2 aliphatic rings. The lowest BCUT2D eigenvalue weighted by atomic mass is 9.33. The molecule has 0 radical (unpaired) electrons. The van der Waals surface area contributed by atoms with Crippen molar-refractivity contribution >= 4 is 78.8 Å². The van der Waals surface area contributed by atoms with E-state index in [9.17, 15) is 13.2 Å². The third-order valence-corrected chi connectivity index (χ3v) is 12.3. The van der Waals surface area contributed by atoms with Gasteiger partial charge in [-0.1, -0.05) is 139 Å². The summed E-state index contributed by atoms with van der Waals surface area (Å²) in [7, 11) is 0. The topological polar surface area (TPSA) is 6.48 Å². The lowest BCUT2D eigenvalue weighted by Gasteiger charge is -2.45. The van der Waals surface area contributed by atoms with Crippen molar-refractivity contribution in [3.8, 4) is 11.1 Å². The van der Waals surface area contributed by atoms with Gasteiger partial charge in [-0.3, -0.25) is 0 Å². The number of fused-ring (bicyclic) bond motifs is 6. The maximum Gasteiger partial charge on any atom is 0.416 e. The van der Waals surface area contributed by atoms with Gasteiger partial charge < -0.3 is 9.80 Å². The summed E-state index contributed by atoms with van der Waals surface area (Å²) in [6.07, 6.45) is -4.48. The first-order valence-electron chi connectivity index (χ1n) is 20.4. The SMILES string of the molecule is CC(C)(C)c1ccc(N2c3ccc(C(C)(C)C)cc3B3c4cc5ccccc5cc4N(c4ccc5ccccc5c4)c4cc(-c5cccc(C(F)(F)F)c5)cc2c43)cc1. The highest BCUT2D eigenvalue weighted by Crippen LogP contribution is 2.48. The molecule has 0 aromatic heterocycles. The Morgan fingerprint density at radius 3 is 1.59 bits per heavy atom. The first-order valence-corrected chi connectivity index (χ1v) is 20.4. The molecule has 59 heavy (non-hydrogen) atoms. The average Bonchev–Trinajstić information content (AvgIpc) is 3.21. The Hall–Kier alpha value is -6.27. The fourth-order valence-corrected chi connectivity index (χ4v) is 9.18. The molecular weight excluding hydrogens is 732 g/mol. The van der Waals surface area contributed by atoms with Gasteiger partial charge in [0.2, 0.25) is 0 Å². The lowest BCUT2D eigenvalue weighted by molar-refractivity contribution is -0.137. The molecule has 0 saturated carbocycles. The maximum atomic E-state index is 14.3. The van der Waals surface area contributed by atoms with Crippen molar-refractivity contribution < 1.29 is 13.2 Å². The van der Waals surface area contributed by atoms with Crippen LogP contribution in [0, 0.1) is 0 Å². The van der Waals surface area contributed by atoms with Crippen LogP contribution in [0.5, 0.6) is 0 Å². The molecule has 8 aromatic rings. The zero-order valence-corrected chi connectivity index (χ0v) is 34.1. The molecule has 0 bridgehead atoms. The van der Waals surface area contributed by atoms with Crippen molar-refractivity contribution in [2.75, 3.05) is 9.80 Å². The quantitative estimate of drug-likeness (QED) is 0.165. The average molecular weight is 777 g/mol. The number of hydrogen-bond acceptors (Lipinski definition) is 2. The molecule has 0 amide bonds. The maximum absolute atomic E-state index is 14.3. The Morgan fingerprint density at radius 1 is 0.390 bits per heavy atom. The van der Waals surface area contributed by atoms with Gasteiger partial charge in [0.05, 0.1) is 5.56 Å². The molecule has 2 heterocycles. The normalized spacial score (nSPS) is 13.7. The molecule has 0 atom stereocenters. The molecular formula is C53H44BF3N2. The minimum absolute atomic E-state index is 0.0412. The number of hydrogen-bond donors (Lipinski definition) is 0. The summed E-state index contributed by atoms with van der Waals surface area (Å²) >= 11 is 0. The van der Waals surface area contributed by atoms with Gasteiger partial charge in [0.1, 0.15) is 0 Å². The van der Waals surface area contributed by atoms with Crippen molar-refractivity contribution in [3.05, 3.63) is 174 Å². The molecule has 2 nitrogen and oxygen atoms in total. The summed E-state index contributed by atoms with van der Waals surface area (Å²) in [6.45, 7) is 13.3. The Labute approximate surface area is 344 Å². The van der Waals surface area contributed by atoms with E-state index in [1.54, 1.807) is 6.07 Å². The van der Waals surface area contributed by atoms with Gasteiger partial charge in [0, 0.05) is 34.1 Å². The van der Waals surface area contributed by atoms with Crippen LogP contribution in [0.3, 0.4) is 0 Å². The molecule has 0 saturated heterocycles. The Morgan fingerprint density at radius 2 is 0.949 bits per heavy atom. The Balaban J connectivity index is 1.34. The second kappa shape index (κ2) is 13.1. The van der Waals surface area contributed by atoms with Crippen LogP contribution in [0.1, 0.15) is 58.2 Å². The van der Waals surface area contributed by atoms with E-state index in [2.05, 4.69) is 185 Å². The molecule has 0 aliphatic carbocycles. The number of anilines is 6. The molecule has 0 spiro atoms. The monoisotopic (exact) mass is 776 g/mol.